The molecule has 1 atom stereocenters. The van der Waals surface area contributed by atoms with Gasteiger partial charge in [-0.1, -0.05) is 47.5 Å². The molecule has 1 saturated carbocycles. The SMILES string of the molecule is CCCCC(CC)(NC1CC1)c1nc(C(C)(C)C)cs1. The largest absolute Gasteiger partial charge is 0.303 e. The van der Waals surface area contributed by atoms with Crippen molar-refractivity contribution < 1.29 is 0 Å². The Bertz CT molecular complexity index is 428. The van der Waals surface area contributed by atoms with Crippen LogP contribution in [0.2, 0.25) is 0 Å². The lowest BCUT2D eigenvalue weighted by Crippen LogP contribution is -2.43. The van der Waals surface area contributed by atoms with Crippen LogP contribution in [0, 0.1) is 0 Å². The van der Waals surface area contributed by atoms with Crippen LogP contribution in [0.15, 0.2) is 5.38 Å². The van der Waals surface area contributed by atoms with E-state index in [0.717, 1.165) is 12.5 Å². The zero-order valence-corrected chi connectivity index (χ0v) is 14.6. The van der Waals surface area contributed by atoms with Crippen LogP contribution in [0.1, 0.15) is 83.8 Å². The highest BCUT2D eigenvalue weighted by atomic mass is 32.1. The Labute approximate surface area is 128 Å². The summed E-state index contributed by atoms with van der Waals surface area (Å²) in [5, 5.41) is 7.49. The van der Waals surface area contributed by atoms with Crippen LogP contribution in [0.25, 0.3) is 0 Å². The van der Waals surface area contributed by atoms with Crippen LogP contribution >= 0.6 is 11.3 Å². The van der Waals surface area contributed by atoms with Crippen molar-refractivity contribution in [3.63, 3.8) is 0 Å². The molecule has 3 heteroatoms. The van der Waals surface area contributed by atoms with Gasteiger partial charge in [-0.3, -0.25) is 0 Å². The van der Waals surface area contributed by atoms with E-state index in [1.165, 1.54) is 42.8 Å². The second-order valence-electron chi connectivity index (χ2n) is 7.25. The Morgan fingerprint density at radius 3 is 2.45 bits per heavy atom. The van der Waals surface area contributed by atoms with Crippen LogP contribution in [-0.4, -0.2) is 11.0 Å². The molecule has 1 N–H and O–H groups in total. The van der Waals surface area contributed by atoms with Crippen LogP contribution in [0.5, 0.6) is 0 Å². The van der Waals surface area contributed by atoms with Crippen LogP contribution < -0.4 is 5.32 Å². The number of nitrogens with one attached hydrogen (secondary N) is 1. The molecule has 0 radical (unpaired) electrons. The molecule has 0 saturated heterocycles. The van der Waals surface area contributed by atoms with E-state index in [2.05, 4.69) is 45.3 Å². The Morgan fingerprint density at radius 1 is 1.30 bits per heavy atom. The highest BCUT2D eigenvalue weighted by Gasteiger charge is 2.38. The summed E-state index contributed by atoms with van der Waals surface area (Å²) in [6.07, 6.45) is 7.56. The number of unbranched alkanes of at least 4 members (excludes halogenated alkanes) is 1. The highest BCUT2D eigenvalue weighted by Crippen LogP contribution is 2.38. The lowest BCUT2D eigenvalue weighted by Gasteiger charge is -2.32. The Balaban J connectivity index is 2.26. The topological polar surface area (TPSA) is 24.9 Å². The van der Waals surface area contributed by atoms with Gasteiger partial charge in [-0.05, 0) is 25.7 Å². The summed E-state index contributed by atoms with van der Waals surface area (Å²) < 4.78 is 0. The number of hydrogen-bond acceptors (Lipinski definition) is 3. The molecule has 1 aliphatic carbocycles. The zero-order chi connectivity index (χ0) is 14.8. The van der Waals surface area contributed by atoms with Gasteiger partial charge in [0.25, 0.3) is 0 Å². The molecule has 1 unspecified atom stereocenters. The van der Waals surface area contributed by atoms with Gasteiger partial charge in [0.05, 0.1) is 11.2 Å². The van der Waals surface area contributed by atoms with E-state index in [0.29, 0.717) is 0 Å². The van der Waals surface area contributed by atoms with Gasteiger partial charge in [-0.25, -0.2) is 4.98 Å². The second-order valence-corrected chi connectivity index (χ2v) is 8.10. The Kier molecular flexibility index (Phi) is 4.91. The molecule has 0 amide bonds. The van der Waals surface area contributed by atoms with Crippen molar-refractivity contribution in [2.75, 3.05) is 0 Å². The number of hydrogen-bond donors (Lipinski definition) is 1. The first-order valence-electron chi connectivity index (χ1n) is 8.15. The average molecular weight is 295 g/mol. The lowest BCUT2D eigenvalue weighted by molar-refractivity contribution is 0.283. The molecule has 1 heterocycles. The van der Waals surface area contributed by atoms with Gasteiger partial charge in [-0.2, -0.15) is 0 Å². The van der Waals surface area contributed by atoms with E-state index in [9.17, 15) is 0 Å². The van der Waals surface area contributed by atoms with Crippen molar-refractivity contribution in [3.8, 4) is 0 Å². The minimum absolute atomic E-state index is 0.116. The first kappa shape index (κ1) is 16.0. The van der Waals surface area contributed by atoms with Crippen molar-refractivity contribution in [3.05, 3.63) is 16.1 Å². The third-order valence-corrected chi connectivity index (χ3v) is 5.35. The summed E-state index contributed by atoms with van der Waals surface area (Å²) in [6.45, 7) is 11.3. The molecule has 1 fully saturated rings. The van der Waals surface area contributed by atoms with Gasteiger partial charge < -0.3 is 5.32 Å². The summed E-state index contributed by atoms with van der Waals surface area (Å²) in [4.78, 5) is 5.01. The molecule has 0 aliphatic heterocycles. The van der Waals surface area contributed by atoms with E-state index in [1.54, 1.807) is 0 Å². The second kappa shape index (κ2) is 6.15. The smallest absolute Gasteiger partial charge is 0.113 e. The Morgan fingerprint density at radius 2 is 2.00 bits per heavy atom. The first-order valence-corrected chi connectivity index (χ1v) is 9.03. The molecule has 2 nitrogen and oxygen atoms in total. The Hall–Kier alpha value is -0.410. The van der Waals surface area contributed by atoms with Gasteiger partial charge in [0.15, 0.2) is 0 Å². The fourth-order valence-corrected chi connectivity index (χ4v) is 3.92. The summed E-state index contributed by atoms with van der Waals surface area (Å²) in [7, 11) is 0. The van der Waals surface area contributed by atoms with E-state index in [4.69, 9.17) is 4.98 Å². The van der Waals surface area contributed by atoms with Crippen molar-refractivity contribution in [1.29, 1.82) is 0 Å². The third-order valence-electron chi connectivity index (χ3n) is 4.30. The lowest BCUT2D eigenvalue weighted by atomic mass is 9.89. The number of nitrogens with zero attached hydrogens (tertiary/aromatic N) is 1. The number of thiazole rings is 1. The normalized spacial score (nSPS) is 19.1. The van der Waals surface area contributed by atoms with E-state index >= 15 is 0 Å². The predicted molar refractivity (Wildman–Crippen MR) is 88.5 cm³/mol. The van der Waals surface area contributed by atoms with Gasteiger partial charge in [-0.15, -0.1) is 11.3 Å². The van der Waals surface area contributed by atoms with Gasteiger partial charge >= 0.3 is 0 Å². The zero-order valence-electron chi connectivity index (χ0n) is 13.8. The fraction of sp³-hybridized carbons (Fsp3) is 0.824. The molecule has 1 aliphatic rings. The molecule has 1 aromatic heterocycles. The maximum Gasteiger partial charge on any atom is 0.113 e. The summed E-state index contributed by atoms with van der Waals surface area (Å²) >= 11 is 1.85. The molecule has 0 bridgehead atoms. The first-order chi connectivity index (χ1) is 9.41. The molecule has 1 aromatic rings. The quantitative estimate of drug-likeness (QED) is 0.766. The predicted octanol–water partition coefficient (Wildman–Crippen LogP) is 4.99. The monoisotopic (exact) mass is 294 g/mol. The van der Waals surface area contributed by atoms with Gasteiger partial charge in [0.2, 0.25) is 0 Å². The fourth-order valence-electron chi connectivity index (χ4n) is 2.61. The molecular formula is C17H30N2S. The third kappa shape index (κ3) is 3.62. The van der Waals surface area contributed by atoms with E-state index < -0.39 is 0 Å². The van der Waals surface area contributed by atoms with E-state index in [-0.39, 0.29) is 11.0 Å². The van der Waals surface area contributed by atoms with Crippen LogP contribution in [0.4, 0.5) is 0 Å². The van der Waals surface area contributed by atoms with Crippen molar-refractivity contribution in [2.45, 2.75) is 90.1 Å². The summed E-state index contributed by atoms with van der Waals surface area (Å²) in [5.41, 5.74) is 1.51. The molecule has 2 rings (SSSR count). The van der Waals surface area contributed by atoms with Gasteiger partial charge in [0, 0.05) is 16.8 Å². The highest BCUT2D eigenvalue weighted by molar-refractivity contribution is 7.09. The standard InChI is InChI=1S/C17H30N2S/c1-6-8-11-17(7-2,19-13-9-10-13)15-18-14(12-20-15)16(3,4)5/h12-13,19H,6-11H2,1-5H3. The summed E-state index contributed by atoms with van der Waals surface area (Å²) in [6, 6.07) is 0.730. The molecule has 0 aromatic carbocycles. The number of rotatable bonds is 7. The van der Waals surface area contributed by atoms with Crippen molar-refractivity contribution in [1.82, 2.24) is 10.3 Å². The molecule has 20 heavy (non-hydrogen) atoms. The number of aromatic nitrogens is 1. The minimum atomic E-state index is 0.116. The molecule has 114 valence electrons. The van der Waals surface area contributed by atoms with Gasteiger partial charge in [0.1, 0.15) is 5.01 Å². The molecule has 0 spiro atoms. The summed E-state index contributed by atoms with van der Waals surface area (Å²) in [5.74, 6) is 0. The maximum absolute atomic E-state index is 5.01. The van der Waals surface area contributed by atoms with Crippen LogP contribution in [0.3, 0.4) is 0 Å². The van der Waals surface area contributed by atoms with Crippen LogP contribution in [-0.2, 0) is 11.0 Å². The van der Waals surface area contributed by atoms with E-state index in [1.807, 2.05) is 11.3 Å². The van der Waals surface area contributed by atoms with Crippen molar-refractivity contribution in [2.24, 2.45) is 0 Å². The minimum Gasteiger partial charge on any atom is -0.303 e. The molecular weight excluding hydrogens is 264 g/mol. The maximum atomic E-state index is 5.01. The van der Waals surface area contributed by atoms with Crippen molar-refractivity contribution >= 4 is 11.3 Å². The average Bonchev–Trinajstić information content (AvgIpc) is 3.04.